The molecule has 7 heteroatoms. The first kappa shape index (κ1) is 23.2. The molecule has 1 aliphatic heterocycles. The van der Waals surface area contributed by atoms with Crippen molar-refractivity contribution < 1.29 is 18.8 Å². The van der Waals surface area contributed by atoms with Gasteiger partial charge in [-0.1, -0.05) is 60.7 Å². The molecule has 0 radical (unpaired) electrons. The molecule has 3 aromatic rings. The molecular weight excluding hydrogens is 433 g/mol. The average molecular weight is 460 g/mol. The fraction of sp³-hybridized carbons (Fsp3) is 0.222. The van der Waals surface area contributed by atoms with E-state index in [1.807, 2.05) is 36.4 Å². The van der Waals surface area contributed by atoms with Gasteiger partial charge in [0, 0.05) is 31.7 Å². The molecule has 1 fully saturated rings. The summed E-state index contributed by atoms with van der Waals surface area (Å²) in [5, 5.41) is 2.88. The predicted molar refractivity (Wildman–Crippen MR) is 126 cm³/mol. The van der Waals surface area contributed by atoms with Crippen LogP contribution in [0, 0.1) is 5.82 Å². The molecule has 1 aliphatic rings. The van der Waals surface area contributed by atoms with Crippen molar-refractivity contribution in [2.45, 2.75) is 12.5 Å². The molecule has 0 bridgehead atoms. The van der Waals surface area contributed by atoms with Gasteiger partial charge in [0.15, 0.2) is 0 Å². The molecule has 1 heterocycles. The van der Waals surface area contributed by atoms with E-state index in [2.05, 4.69) is 5.32 Å². The van der Waals surface area contributed by atoms with E-state index in [0.29, 0.717) is 37.3 Å². The van der Waals surface area contributed by atoms with E-state index < -0.39 is 6.04 Å². The van der Waals surface area contributed by atoms with Gasteiger partial charge in [-0.05, 0) is 35.4 Å². The normalized spacial score (nSPS) is 14.4. The molecule has 1 unspecified atom stereocenters. The number of carbonyl (C=O) groups excluding carboxylic acids is 3. The predicted octanol–water partition coefficient (Wildman–Crippen LogP) is 3.21. The summed E-state index contributed by atoms with van der Waals surface area (Å²) in [6, 6.07) is 23.0. The van der Waals surface area contributed by atoms with Gasteiger partial charge in [-0.2, -0.15) is 0 Å². The molecule has 34 heavy (non-hydrogen) atoms. The van der Waals surface area contributed by atoms with Gasteiger partial charge in [0.25, 0.3) is 5.91 Å². The molecule has 0 aromatic heterocycles. The molecule has 1 atom stereocenters. The van der Waals surface area contributed by atoms with Gasteiger partial charge < -0.3 is 15.1 Å². The van der Waals surface area contributed by atoms with Crippen LogP contribution in [0.25, 0.3) is 0 Å². The SMILES string of the molecule is O=C(NC(C(=O)N1CCN(C(=O)Cc2ccc(F)cc2)CC1)c1ccccc1)c1ccccc1. The van der Waals surface area contributed by atoms with E-state index in [1.165, 1.54) is 12.1 Å². The minimum Gasteiger partial charge on any atom is -0.339 e. The molecule has 3 amide bonds. The Morgan fingerprint density at radius 3 is 1.94 bits per heavy atom. The molecule has 1 saturated heterocycles. The van der Waals surface area contributed by atoms with Gasteiger partial charge in [0.1, 0.15) is 11.9 Å². The van der Waals surface area contributed by atoms with Crippen molar-refractivity contribution in [3.63, 3.8) is 0 Å². The van der Waals surface area contributed by atoms with Gasteiger partial charge in [0.05, 0.1) is 6.42 Å². The third kappa shape index (κ3) is 5.67. The second-order valence-electron chi connectivity index (χ2n) is 8.19. The first-order chi connectivity index (χ1) is 16.5. The Balaban J connectivity index is 1.40. The highest BCUT2D eigenvalue weighted by Gasteiger charge is 2.31. The lowest BCUT2D eigenvalue weighted by Crippen LogP contribution is -2.53. The summed E-state index contributed by atoms with van der Waals surface area (Å²) in [6.07, 6.45) is 0.188. The van der Waals surface area contributed by atoms with Crippen molar-refractivity contribution in [3.8, 4) is 0 Å². The molecule has 0 saturated carbocycles. The fourth-order valence-electron chi connectivity index (χ4n) is 3.98. The van der Waals surface area contributed by atoms with Crippen molar-refractivity contribution in [3.05, 3.63) is 107 Å². The second kappa shape index (κ2) is 10.7. The zero-order valence-corrected chi connectivity index (χ0v) is 18.7. The molecule has 0 spiro atoms. The van der Waals surface area contributed by atoms with E-state index in [1.54, 1.807) is 46.2 Å². The van der Waals surface area contributed by atoms with Crippen LogP contribution < -0.4 is 5.32 Å². The van der Waals surface area contributed by atoms with E-state index in [4.69, 9.17) is 0 Å². The summed E-state index contributed by atoms with van der Waals surface area (Å²) in [7, 11) is 0. The maximum absolute atomic E-state index is 13.4. The van der Waals surface area contributed by atoms with E-state index in [0.717, 1.165) is 5.56 Å². The number of halogens is 1. The molecule has 3 aromatic carbocycles. The molecule has 6 nitrogen and oxygen atoms in total. The lowest BCUT2D eigenvalue weighted by Gasteiger charge is -2.36. The number of amides is 3. The third-order valence-electron chi connectivity index (χ3n) is 5.90. The summed E-state index contributed by atoms with van der Waals surface area (Å²) in [4.78, 5) is 42.3. The Morgan fingerprint density at radius 2 is 1.32 bits per heavy atom. The topological polar surface area (TPSA) is 69.7 Å². The standard InChI is InChI=1S/C27H26FN3O3/c28-23-13-11-20(12-14-23)19-24(32)30-15-17-31(18-16-30)27(34)25(21-7-3-1-4-8-21)29-26(33)22-9-5-2-6-10-22/h1-14,25H,15-19H2,(H,29,33). The Kier molecular flexibility index (Phi) is 7.32. The molecule has 1 N–H and O–H groups in total. The number of nitrogens with zero attached hydrogens (tertiary/aromatic N) is 2. The first-order valence-corrected chi connectivity index (χ1v) is 11.2. The van der Waals surface area contributed by atoms with Crippen molar-refractivity contribution in [2.24, 2.45) is 0 Å². The van der Waals surface area contributed by atoms with Crippen molar-refractivity contribution in [2.75, 3.05) is 26.2 Å². The van der Waals surface area contributed by atoms with E-state index in [-0.39, 0.29) is 30.0 Å². The highest BCUT2D eigenvalue weighted by Crippen LogP contribution is 2.19. The van der Waals surface area contributed by atoms with Gasteiger partial charge >= 0.3 is 0 Å². The minimum absolute atomic E-state index is 0.0595. The monoisotopic (exact) mass is 459 g/mol. The zero-order valence-electron chi connectivity index (χ0n) is 18.7. The van der Waals surface area contributed by atoms with E-state index in [9.17, 15) is 18.8 Å². The van der Waals surface area contributed by atoms with Crippen LogP contribution in [0.5, 0.6) is 0 Å². The zero-order chi connectivity index (χ0) is 23.9. The Morgan fingerprint density at radius 1 is 0.765 bits per heavy atom. The van der Waals surface area contributed by atoms with Crippen LogP contribution in [0.2, 0.25) is 0 Å². The fourth-order valence-corrected chi connectivity index (χ4v) is 3.98. The first-order valence-electron chi connectivity index (χ1n) is 11.2. The van der Waals surface area contributed by atoms with Crippen molar-refractivity contribution in [1.29, 1.82) is 0 Å². The van der Waals surface area contributed by atoms with Crippen LogP contribution in [-0.2, 0) is 16.0 Å². The van der Waals surface area contributed by atoms with Gasteiger partial charge in [0.2, 0.25) is 11.8 Å². The van der Waals surface area contributed by atoms with Crippen LogP contribution in [-0.4, -0.2) is 53.7 Å². The van der Waals surface area contributed by atoms with Crippen LogP contribution in [0.3, 0.4) is 0 Å². The molecule has 4 rings (SSSR count). The molecule has 174 valence electrons. The number of nitrogens with one attached hydrogen (secondary N) is 1. The maximum Gasteiger partial charge on any atom is 0.252 e. The number of rotatable bonds is 6. The number of hydrogen-bond donors (Lipinski definition) is 1. The Hall–Kier alpha value is -4.00. The minimum atomic E-state index is -0.824. The van der Waals surface area contributed by atoms with Crippen molar-refractivity contribution >= 4 is 17.7 Å². The lowest BCUT2D eigenvalue weighted by molar-refractivity contribution is -0.140. The highest BCUT2D eigenvalue weighted by molar-refractivity contribution is 5.97. The van der Waals surface area contributed by atoms with Crippen LogP contribution >= 0.6 is 0 Å². The summed E-state index contributed by atoms with van der Waals surface area (Å²) in [5.41, 5.74) is 1.93. The van der Waals surface area contributed by atoms with Gasteiger partial charge in [-0.3, -0.25) is 14.4 Å². The maximum atomic E-state index is 13.4. The number of carbonyl (C=O) groups is 3. The largest absolute Gasteiger partial charge is 0.339 e. The smallest absolute Gasteiger partial charge is 0.252 e. The molecular formula is C27H26FN3O3. The summed E-state index contributed by atoms with van der Waals surface area (Å²) >= 11 is 0. The average Bonchev–Trinajstić information content (AvgIpc) is 2.89. The van der Waals surface area contributed by atoms with Crippen molar-refractivity contribution in [1.82, 2.24) is 15.1 Å². The van der Waals surface area contributed by atoms with Crippen LogP contribution in [0.1, 0.15) is 27.5 Å². The quantitative estimate of drug-likeness (QED) is 0.616. The highest BCUT2D eigenvalue weighted by atomic mass is 19.1. The second-order valence-corrected chi connectivity index (χ2v) is 8.19. The van der Waals surface area contributed by atoms with Gasteiger partial charge in [-0.25, -0.2) is 4.39 Å². The van der Waals surface area contributed by atoms with Crippen LogP contribution in [0.15, 0.2) is 84.9 Å². The van der Waals surface area contributed by atoms with Crippen LogP contribution in [0.4, 0.5) is 4.39 Å². The lowest BCUT2D eigenvalue weighted by atomic mass is 10.0. The van der Waals surface area contributed by atoms with E-state index >= 15 is 0 Å². The number of benzene rings is 3. The molecule has 0 aliphatic carbocycles. The Bertz CT molecular complexity index is 1130. The summed E-state index contributed by atoms with van der Waals surface area (Å²) < 4.78 is 13.1. The Labute approximate surface area is 198 Å². The number of piperazine rings is 1. The summed E-state index contributed by atoms with van der Waals surface area (Å²) in [5.74, 6) is -0.927. The van der Waals surface area contributed by atoms with Gasteiger partial charge in [-0.15, -0.1) is 0 Å². The number of hydrogen-bond acceptors (Lipinski definition) is 3. The third-order valence-corrected chi connectivity index (χ3v) is 5.90. The summed E-state index contributed by atoms with van der Waals surface area (Å²) in [6.45, 7) is 1.55.